The first kappa shape index (κ1) is 26.2. The van der Waals surface area contributed by atoms with Gasteiger partial charge >= 0.3 is 12.0 Å². The lowest BCUT2D eigenvalue weighted by Crippen LogP contribution is -2.44. The third kappa shape index (κ3) is 5.03. The Morgan fingerprint density at radius 1 is 0.795 bits per heavy atom. The summed E-state index contributed by atoms with van der Waals surface area (Å²) in [5.41, 5.74) is 2.13. The maximum atomic E-state index is 14.2. The number of carbonyl (C=O) groups excluding carboxylic acids is 2. The second-order valence-corrected chi connectivity index (χ2v) is 11.2. The second-order valence-electron chi connectivity index (χ2n) is 9.42. The highest BCUT2D eigenvalue weighted by Crippen LogP contribution is 2.44. The van der Waals surface area contributed by atoms with Gasteiger partial charge in [0, 0.05) is 0 Å². The lowest BCUT2D eigenvalue weighted by atomic mass is 9.98. The summed E-state index contributed by atoms with van der Waals surface area (Å²) in [5.74, 6) is -0.429. The Labute approximate surface area is 228 Å². The van der Waals surface area contributed by atoms with E-state index >= 15 is 0 Å². The van der Waals surface area contributed by atoms with E-state index in [2.05, 4.69) is 0 Å². The van der Waals surface area contributed by atoms with Crippen LogP contribution in [0.1, 0.15) is 35.7 Å². The number of esters is 1. The number of para-hydroxylation sites is 1. The zero-order valence-corrected chi connectivity index (χ0v) is 22.4. The van der Waals surface area contributed by atoms with Crippen LogP contribution < -0.4 is 4.74 Å². The van der Waals surface area contributed by atoms with E-state index in [0.717, 1.165) is 15.4 Å². The number of sulfonamides is 1. The fraction of sp³-hybridized carbons (Fsp3) is 0.161. The zero-order chi connectivity index (χ0) is 27.6. The summed E-state index contributed by atoms with van der Waals surface area (Å²) < 4.78 is 34.8. The molecule has 0 aliphatic carbocycles. The summed E-state index contributed by atoms with van der Waals surface area (Å²) in [6, 6.07) is 28.9. The highest BCUT2D eigenvalue weighted by atomic mass is 32.2. The molecule has 1 aliphatic heterocycles. The van der Waals surface area contributed by atoms with Crippen LogP contribution in [0.3, 0.4) is 0 Å². The molecule has 0 saturated carbocycles. The summed E-state index contributed by atoms with van der Waals surface area (Å²) in [4.78, 5) is 29.4. The lowest BCUT2D eigenvalue weighted by Gasteiger charge is -2.30. The van der Waals surface area contributed by atoms with Crippen LogP contribution in [0.15, 0.2) is 120 Å². The predicted molar refractivity (Wildman–Crippen MR) is 147 cm³/mol. The summed E-state index contributed by atoms with van der Waals surface area (Å²) in [6.45, 7) is 3.63. The Balaban J connectivity index is 1.69. The van der Waals surface area contributed by atoms with Crippen molar-refractivity contribution < 1.29 is 22.7 Å². The molecule has 0 bridgehead atoms. The minimum Gasteiger partial charge on any atom is -0.425 e. The largest absolute Gasteiger partial charge is 0.425 e. The standard InChI is InChI=1S/C31H28N2O5S/c1-22-18-20-27(21-19-22)39(36,37)33-28(25-14-8-4-9-15-25)29(30(34)38-26-16-10-5-11-17-26)32(31(33)35)23(2)24-12-6-3-7-13-24/h3-21,23,28-29H,1-2H3. The van der Waals surface area contributed by atoms with Gasteiger partial charge in [-0.25, -0.2) is 22.3 Å². The van der Waals surface area contributed by atoms with Crippen molar-refractivity contribution in [1.82, 2.24) is 9.21 Å². The molecule has 3 atom stereocenters. The summed E-state index contributed by atoms with van der Waals surface area (Å²) in [7, 11) is -4.36. The van der Waals surface area contributed by atoms with Gasteiger partial charge in [0.2, 0.25) is 0 Å². The van der Waals surface area contributed by atoms with Crippen LogP contribution in [-0.4, -0.2) is 35.7 Å². The van der Waals surface area contributed by atoms with Crippen LogP contribution in [0.25, 0.3) is 0 Å². The highest BCUT2D eigenvalue weighted by molar-refractivity contribution is 7.89. The van der Waals surface area contributed by atoms with Gasteiger partial charge in [-0.3, -0.25) is 0 Å². The quantitative estimate of drug-likeness (QED) is 0.215. The Hall–Kier alpha value is -4.43. The molecule has 0 aromatic heterocycles. The zero-order valence-electron chi connectivity index (χ0n) is 21.5. The van der Waals surface area contributed by atoms with Crippen LogP contribution in [0, 0.1) is 6.92 Å². The van der Waals surface area contributed by atoms with Gasteiger partial charge in [0.15, 0.2) is 6.04 Å². The van der Waals surface area contributed by atoms with E-state index in [9.17, 15) is 18.0 Å². The molecule has 39 heavy (non-hydrogen) atoms. The number of aryl methyl sites for hydroxylation is 1. The van der Waals surface area contributed by atoms with Crippen LogP contribution in [-0.2, 0) is 14.8 Å². The van der Waals surface area contributed by atoms with E-state index in [1.807, 2.05) is 37.3 Å². The number of amides is 2. The van der Waals surface area contributed by atoms with E-state index < -0.39 is 40.1 Å². The van der Waals surface area contributed by atoms with E-state index in [1.54, 1.807) is 79.7 Å². The number of hydrogen-bond acceptors (Lipinski definition) is 5. The second kappa shape index (κ2) is 10.7. The minimum absolute atomic E-state index is 0.0354. The van der Waals surface area contributed by atoms with Gasteiger partial charge in [0.1, 0.15) is 11.8 Å². The average Bonchev–Trinajstić information content (AvgIpc) is 3.28. The van der Waals surface area contributed by atoms with Crippen LogP contribution >= 0.6 is 0 Å². The number of hydrogen-bond donors (Lipinski definition) is 0. The van der Waals surface area contributed by atoms with Gasteiger partial charge in [-0.15, -0.1) is 0 Å². The van der Waals surface area contributed by atoms with Gasteiger partial charge in [-0.2, -0.15) is 0 Å². The number of rotatable bonds is 7. The third-order valence-electron chi connectivity index (χ3n) is 6.88. The molecular formula is C31H28N2O5S. The van der Waals surface area contributed by atoms with Crippen molar-refractivity contribution in [2.75, 3.05) is 0 Å². The van der Waals surface area contributed by atoms with E-state index in [4.69, 9.17) is 4.74 Å². The van der Waals surface area contributed by atoms with Crippen LogP contribution in [0.2, 0.25) is 0 Å². The van der Waals surface area contributed by atoms with Crippen molar-refractivity contribution in [3.05, 3.63) is 132 Å². The van der Waals surface area contributed by atoms with Crippen molar-refractivity contribution in [2.45, 2.75) is 36.9 Å². The van der Waals surface area contributed by atoms with Crippen LogP contribution in [0.5, 0.6) is 5.75 Å². The Bertz CT molecular complexity index is 1560. The highest BCUT2D eigenvalue weighted by Gasteiger charge is 2.57. The van der Waals surface area contributed by atoms with E-state index in [-0.39, 0.29) is 4.90 Å². The predicted octanol–water partition coefficient (Wildman–Crippen LogP) is 5.90. The summed E-state index contributed by atoms with van der Waals surface area (Å²) in [5, 5.41) is 0. The molecule has 1 fully saturated rings. The average molecular weight is 541 g/mol. The van der Waals surface area contributed by atoms with Gasteiger partial charge in [0.25, 0.3) is 10.0 Å². The topological polar surface area (TPSA) is 84.0 Å². The number of nitrogens with zero attached hydrogens (tertiary/aromatic N) is 2. The maximum absolute atomic E-state index is 14.2. The molecule has 0 radical (unpaired) electrons. The number of carbonyl (C=O) groups is 2. The number of ether oxygens (including phenoxy) is 1. The van der Waals surface area contributed by atoms with Crippen molar-refractivity contribution in [3.8, 4) is 5.75 Å². The Morgan fingerprint density at radius 3 is 1.92 bits per heavy atom. The smallest absolute Gasteiger partial charge is 0.336 e. The molecule has 8 heteroatoms. The van der Waals surface area contributed by atoms with E-state index in [0.29, 0.717) is 11.3 Å². The normalized spacial score (nSPS) is 18.2. The molecule has 4 aromatic carbocycles. The molecule has 0 N–H and O–H groups in total. The monoisotopic (exact) mass is 540 g/mol. The molecule has 1 saturated heterocycles. The maximum Gasteiger partial charge on any atom is 0.336 e. The molecule has 7 nitrogen and oxygen atoms in total. The fourth-order valence-electron chi connectivity index (χ4n) is 4.88. The van der Waals surface area contributed by atoms with Crippen molar-refractivity contribution >= 4 is 22.0 Å². The Kier molecular flexibility index (Phi) is 7.21. The summed E-state index contributed by atoms with van der Waals surface area (Å²) >= 11 is 0. The van der Waals surface area contributed by atoms with Gasteiger partial charge in [-0.1, -0.05) is 96.6 Å². The van der Waals surface area contributed by atoms with E-state index in [1.165, 1.54) is 17.0 Å². The molecule has 3 unspecified atom stereocenters. The van der Waals surface area contributed by atoms with Crippen molar-refractivity contribution in [2.24, 2.45) is 0 Å². The molecule has 1 heterocycles. The minimum atomic E-state index is -4.36. The molecule has 4 aromatic rings. The molecule has 1 aliphatic rings. The lowest BCUT2D eigenvalue weighted by molar-refractivity contribution is -0.140. The SMILES string of the molecule is Cc1ccc(S(=O)(=O)N2C(=O)N(C(C)c3ccccc3)C(C(=O)Oc3ccccc3)C2c2ccccc2)cc1. The van der Waals surface area contributed by atoms with Gasteiger partial charge < -0.3 is 9.64 Å². The third-order valence-corrected chi connectivity index (χ3v) is 8.65. The molecule has 0 spiro atoms. The van der Waals surface area contributed by atoms with Crippen LogP contribution in [0.4, 0.5) is 4.79 Å². The molecule has 2 amide bonds. The number of urea groups is 1. The first-order chi connectivity index (χ1) is 18.8. The van der Waals surface area contributed by atoms with Gasteiger partial charge in [-0.05, 0) is 49.2 Å². The molecule has 198 valence electrons. The van der Waals surface area contributed by atoms with Gasteiger partial charge in [0.05, 0.1) is 10.9 Å². The number of benzene rings is 4. The Morgan fingerprint density at radius 2 is 1.33 bits per heavy atom. The molecular weight excluding hydrogens is 512 g/mol. The first-order valence-corrected chi connectivity index (χ1v) is 14.0. The van der Waals surface area contributed by atoms with Crippen molar-refractivity contribution in [1.29, 1.82) is 0 Å². The first-order valence-electron chi connectivity index (χ1n) is 12.6. The fourth-order valence-corrected chi connectivity index (χ4v) is 6.43. The molecule has 5 rings (SSSR count). The summed E-state index contributed by atoms with van der Waals surface area (Å²) in [6.07, 6.45) is 0. The van der Waals surface area contributed by atoms with Crippen molar-refractivity contribution in [3.63, 3.8) is 0 Å².